The summed E-state index contributed by atoms with van der Waals surface area (Å²) in [6, 6.07) is 8.69. The molecule has 0 radical (unpaired) electrons. The van der Waals surface area contributed by atoms with Crippen molar-refractivity contribution >= 4 is 43.2 Å². The number of aryl methyl sites for hydroxylation is 2. The Bertz CT molecular complexity index is 1030. The number of hydrogen-bond donors (Lipinski definition) is 1. The van der Waals surface area contributed by atoms with Gasteiger partial charge in [0.05, 0.1) is 16.5 Å². The van der Waals surface area contributed by atoms with Gasteiger partial charge in [-0.25, -0.2) is 8.42 Å². The van der Waals surface area contributed by atoms with E-state index < -0.39 is 10.0 Å². The molecule has 0 aromatic heterocycles. The lowest BCUT2D eigenvalue weighted by Gasteiger charge is -2.26. The van der Waals surface area contributed by atoms with Crippen LogP contribution >= 0.6 is 15.9 Å². The van der Waals surface area contributed by atoms with Crippen LogP contribution in [0.2, 0.25) is 0 Å². The maximum Gasteiger partial charge on any atom is 0.261 e. The van der Waals surface area contributed by atoms with E-state index in [1.54, 1.807) is 29.2 Å². The van der Waals surface area contributed by atoms with Crippen LogP contribution in [0.1, 0.15) is 36.0 Å². The first-order valence-corrected chi connectivity index (χ1v) is 10.8. The van der Waals surface area contributed by atoms with Gasteiger partial charge in [-0.1, -0.05) is 15.9 Å². The second kappa shape index (κ2) is 6.09. The SMILES string of the molecule is Cc1cc(NS(=O)(=O)c2cc3c4c(c2)[C@H](C)C(=O)N4CCC3)ccc1Br. The molecule has 0 aliphatic carbocycles. The summed E-state index contributed by atoms with van der Waals surface area (Å²) >= 11 is 3.42. The molecule has 4 rings (SSSR count). The van der Waals surface area contributed by atoms with E-state index in [0.717, 1.165) is 39.7 Å². The molecule has 1 N–H and O–H groups in total. The molecule has 1 atom stereocenters. The molecule has 2 aliphatic rings. The molecule has 2 aliphatic heterocycles. The fraction of sp³-hybridized carbons (Fsp3) is 0.316. The topological polar surface area (TPSA) is 66.5 Å². The van der Waals surface area contributed by atoms with Crippen molar-refractivity contribution in [3.05, 3.63) is 51.5 Å². The van der Waals surface area contributed by atoms with Gasteiger partial charge < -0.3 is 4.90 Å². The first kappa shape index (κ1) is 17.5. The van der Waals surface area contributed by atoms with Gasteiger partial charge in [-0.2, -0.15) is 0 Å². The van der Waals surface area contributed by atoms with Gasteiger partial charge in [0.1, 0.15) is 0 Å². The number of sulfonamides is 1. The van der Waals surface area contributed by atoms with Crippen molar-refractivity contribution in [2.75, 3.05) is 16.2 Å². The minimum atomic E-state index is -3.73. The average Bonchev–Trinajstić information content (AvgIpc) is 2.85. The van der Waals surface area contributed by atoms with Gasteiger partial charge >= 0.3 is 0 Å². The zero-order valence-electron chi connectivity index (χ0n) is 14.5. The van der Waals surface area contributed by atoms with E-state index in [1.165, 1.54) is 0 Å². The van der Waals surface area contributed by atoms with Crippen molar-refractivity contribution in [3.63, 3.8) is 0 Å². The first-order valence-electron chi connectivity index (χ1n) is 8.55. The number of rotatable bonds is 3. The normalized spacial score (nSPS) is 18.8. The smallest absolute Gasteiger partial charge is 0.261 e. The Kier molecular flexibility index (Phi) is 4.11. The number of anilines is 2. The summed E-state index contributed by atoms with van der Waals surface area (Å²) in [4.78, 5) is 14.5. The van der Waals surface area contributed by atoms with Crippen LogP contribution in [0.5, 0.6) is 0 Å². The molecule has 26 heavy (non-hydrogen) atoms. The molecular formula is C19H19BrN2O3S. The van der Waals surface area contributed by atoms with Gasteiger partial charge in [0.15, 0.2) is 0 Å². The van der Waals surface area contributed by atoms with Gasteiger partial charge in [-0.15, -0.1) is 0 Å². The fourth-order valence-electron chi connectivity index (χ4n) is 3.74. The molecule has 2 heterocycles. The molecule has 0 saturated heterocycles. The van der Waals surface area contributed by atoms with E-state index in [2.05, 4.69) is 20.7 Å². The molecule has 7 heteroatoms. The quantitative estimate of drug-likeness (QED) is 0.794. The molecule has 0 saturated carbocycles. The van der Waals surface area contributed by atoms with Crippen LogP contribution in [0.25, 0.3) is 0 Å². The van der Waals surface area contributed by atoms with Crippen LogP contribution in [0.4, 0.5) is 11.4 Å². The van der Waals surface area contributed by atoms with E-state index in [-0.39, 0.29) is 16.7 Å². The van der Waals surface area contributed by atoms with Crippen molar-refractivity contribution in [2.24, 2.45) is 0 Å². The zero-order valence-corrected chi connectivity index (χ0v) is 16.9. The summed E-state index contributed by atoms with van der Waals surface area (Å²) in [6.07, 6.45) is 1.65. The summed E-state index contributed by atoms with van der Waals surface area (Å²) in [5.74, 6) is -0.237. The predicted octanol–water partition coefficient (Wildman–Crippen LogP) is 3.95. The first-order chi connectivity index (χ1) is 12.3. The number of carbonyl (C=O) groups excluding carboxylic acids is 1. The van der Waals surface area contributed by atoms with E-state index in [0.29, 0.717) is 12.2 Å². The van der Waals surface area contributed by atoms with Crippen LogP contribution in [-0.2, 0) is 21.2 Å². The third-order valence-corrected chi connectivity index (χ3v) is 7.36. The molecule has 0 fully saturated rings. The van der Waals surface area contributed by atoms with E-state index in [4.69, 9.17) is 0 Å². The van der Waals surface area contributed by atoms with Gasteiger partial charge in [-0.05, 0) is 73.7 Å². The zero-order chi connectivity index (χ0) is 18.6. The highest BCUT2D eigenvalue weighted by Gasteiger charge is 2.38. The summed E-state index contributed by atoms with van der Waals surface area (Å²) in [5, 5.41) is 0. The molecule has 0 unspecified atom stereocenters. The van der Waals surface area contributed by atoms with Crippen molar-refractivity contribution in [1.82, 2.24) is 0 Å². The molecule has 0 spiro atoms. The van der Waals surface area contributed by atoms with Crippen molar-refractivity contribution in [1.29, 1.82) is 0 Å². The van der Waals surface area contributed by atoms with Gasteiger partial charge in [0, 0.05) is 16.7 Å². The molecule has 5 nitrogen and oxygen atoms in total. The maximum absolute atomic E-state index is 12.9. The van der Waals surface area contributed by atoms with Gasteiger partial charge in [-0.3, -0.25) is 9.52 Å². The molecule has 2 aromatic carbocycles. The number of nitrogens with zero attached hydrogens (tertiary/aromatic N) is 1. The Hall–Kier alpha value is -1.86. The van der Waals surface area contributed by atoms with E-state index in [9.17, 15) is 13.2 Å². The average molecular weight is 435 g/mol. The lowest BCUT2D eigenvalue weighted by atomic mass is 9.97. The Morgan fingerprint density at radius 2 is 2.00 bits per heavy atom. The monoisotopic (exact) mass is 434 g/mol. The Balaban J connectivity index is 1.76. The highest BCUT2D eigenvalue weighted by atomic mass is 79.9. The van der Waals surface area contributed by atoms with Crippen molar-refractivity contribution in [2.45, 2.75) is 37.5 Å². The highest BCUT2D eigenvalue weighted by molar-refractivity contribution is 9.10. The summed E-state index contributed by atoms with van der Waals surface area (Å²) < 4.78 is 29.4. The number of carbonyl (C=O) groups is 1. The molecule has 1 amide bonds. The number of benzene rings is 2. The second-order valence-corrected chi connectivity index (χ2v) is 9.44. The largest absolute Gasteiger partial charge is 0.311 e. The van der Waals surface area contributed by atoms with Gasteiger partial charge in [0.25, 0.3) is 10.0 Å². The standard InChI is InChI=1S/C19H19BrN2O3S/c1-11-8-14(5-6-17(11)20)21-26(24,25)15-9-13-4-3-7-22-18(13)16(10-15)12(2)19(22)23/h5-6,8-10,12,21H,3-4,7H2,1-2H3/t12-/m0/s1. The predicted molar refractivity (Wildman–Crippen MR) is 105 cm³/mol. The molecule has 0 bridgehead atoms. The number of nitrogens with one attached hydrogen (secondary N) is 1. The van der Waals surface area contributed by atoms with Crippen LogP contribution < -0.4 is 9.62 Å². The lowest BCUT2D eigenvalue weighted by Crippen LogP contribution is -2.32. The Morgan fingerprint density at radius 1 is 1.23 bits per heavy atom. The fourth-order valence-corrected chi connectivity index (χ4v) is 5.12. The minimum Gasteiger partial charge on any atom is -0.311 e. The third-order valence-electron chi connectivity index (χ3n) is 5.11. The number of hydrogen-bond acceptors (Lipinski definition) is 3. The summed E-state index contributed by atoms with van der Waals surface area (Å²) in [7, 11) is -3.73. The van der Waals surface area contributed by atoms with E-state index in [1.807, 2.05) is 19.9 Å². The number of halogens is 1. The molecule has 136 valence electrons. The van der Waals surface area contributed by atoms with Crippen molar-refractivity contribution in [3.8, 4) is 0 Å². The molecular weight excluding hydrogens is 416 g/mol. The minimum absolute atomic E-state index is 0.0620. The van der Waals surface area contributed by atoms with Crippen LogP contribution in [0.15, 0.2) is 39.7 Å². The van der Waals surface area contributed by atoms with Gasteiger partial charge in [0.2, 0.25) is 5.91 Å². The van der Waals surface area contributed by atoms with Crippen LogP contribution in [0.3, 0.4) is 0 Å². The van der Waals surface area contributed by atoms with Crippen LogP contribution in [-0.4, -0.2) is 20.9 Å². The summed E-state index contributed by atoms with van der Waals surface area (Å²) in [6.45, 7) is 4.47. The lowest BCUT2D eigenvalue weighted by molar-refractivity contribution is -0.119. The Morgan fingerprint density at radius 3 is 2.73 bits per heavy atom. The third kappa shape index (κ3) is 2.74. The van der Waals surface area contributed by atoms with Crippen LogP contribution in [0, 0.1) is 6.92 Å². The highest BCUT2D eigenvalue weighted by Crippen LogP contribution is 2.44. The number of amides is 1. The Labute approximate surface area is 161 Å². The second-order valence-electron chi connectivity index (χ2n) is 6.90. The van der Waals surface area contributed by atoms with Crippen molar-refractivity contribution < 1.29 is 13.2 Å². The maximum atomic E-state index is 12.9. The van der Waals surface area contributed by atoms with E-state index >= 15 is 0 Å². The molecule has 2 aromatic rings. The summed E-state index contributed by atoms with van der Waals surface area (Å²) in [5.41, 5.74) is 4.15.